The van der Waals surface area contributed by atoms with Gasteiger partial charge in [-0.3, -0.25) is 4.79 Å². The van der Waals surface area contributed by atoms with E-state index in [1.807, 2.05) is 0 Å². The zero-order valence-corrected chi connectivity index (χ0v) is 10.9. The summed E-state index contributed by atoms with van der Waals surface area (Å²) in [5.74, 6) is 0.598. The third-order valence-corrected chi connectivity index (χ3v) is 3.40. The normalized spacial score (nSPS) is 15.6. The first-order valence-electron chi connectivity index (χ1n) is 6.42. The highest BCUT2D eigenvalue weighted by Crippen LogP contribution is 2.44. The van der Waals surface area contributed by atoms with Crippen LogP contribution in [0.2, 0.25) is 0 Å². The molecular weight excluding hydrogens is 242 g/mol. The Morgan fingerprint density at radius 1 is 1.42 bits per heavy atom. The van der Waals surface area contributed by atoms with Crippen molar-refractivity contribution in [2.24, 2.45) is 5.41 Å². The highest BCUT2D eigenvalue weighted by atomic mass is 16.5. The number of ether oxygens (including phenoxy) is 1. The third-order valence-electron chi connectivity index (χ3n) is 3.40. The number of aliphatic hydroxyl groups is 1. The van der Waals surface area contributed by atoms with Crippen LogP contribution in [0.4, 0.5) is 0 Å². The number of nitrogens with one attached hydrogen (secondary N) is 1. The van der Waals surface area contributed by atoms with Crippen LogP contribution < -0.4 is 10.1 Å². The molecule has 4 heteroatoms. The Kier molecular flexibility index (Phi) is 4.22. The van der Waals surface area contributed by atoms with Crippen molar-refractivity contribution >= 4 is 5.91 Å². The number of carbonyl (C=O) groups is 1. The molecule has 4 nitrogen and oxygen atoms in total. The topological polar surface area (TPSA) is 58.6 Å². The molecule has 0 radical (unpaired) electrons. The first-order chi connectivity index (χ1) is 9.19. The van der Waals surface area contributed by atoms with Crippen molar-refractivity contribution < 1.29 is 14.6 Å². The van der Waals surface area contributed by atoms with E-state index in [1.54, 1.807) is 30.3 Å². The Bertz CT molecular complexity index is 449. The maximum atomic E-state index is 11.9. The molecule has 2 rings (SSSR count). The first kappa shape index (κ1) is 13.6. The fourth-order valence-corrected chi connectivity index (χ4v) is 1.80. The number of hydrogen-bond acceptors (Lipinski definition) is 3. The molecule has 0 atom stereocenters. The number of benzene rings is 1. The van der Waals surface area contributed by atoms with Crippen molar-refractivity contribution in [2.75, 3.05) is 19.8 Å². The van der Waals surface area contributed by atoms with E-state index < -0.39 is 0 Å². The fraction of sp³-hybridized carbons (Fsp3) is 0.400. The summed E-state index contributed by atoms with van der Waals surface area (Å²) in [4.78, 5) is 11.9. The average molecular weight is 261 g/mol. The van der Waals surface area contributed by atoms with Crippen molar-refractivity contribution in [1.82, 2.24) is 5.32 Å². The molecule has 1 amide bonds. The van der Waals surface area contributed by atoms with Crippen molar-refractivity contribution in [2.45, 2.75) is 12.8 Å². The maximum absolute atomic E-state index is 11.9. The molecule has 0 aliphatic heterocycles. The van der Waals surface area contributed by atoms with Gasteiger partial charge in [-0.05, 0) is 37.1 Å². The molecule has 0 spiro atoms. The zero-order valence-electron chi connectivity index (χ0n) is 10.9. The molecule has 19 heavy (non-hydrogen) atoms. The number of hydrogen-bond donors (Lipinski definition) is 2. The summed E-state index contributed by atoms with van der Waals surface area (Å²) in [5.41, 5.74) is 0.530. The summed E-state index contributed by atoms with van der Waals surface area (Å²) in [7, 11) is 0. The summed E-state index contributed by atoms with van der Waals surface area (Å²) in [6.07, 6.45) is 3.64. The van der Waals surface area contributed by atoms with Crippen LogP contribution in [-0.4, -0.2) is 30.8 Å². The minimum absolute atomic E-state index is 0.0668. The maximum Gasteiger partial charge on any atom is 0.251 e. The SMILES string of the molecule is C=CCOc1ccc(C(=O)NCC2(CO)CC2)cc1. The van der Waals surface area contributed by atoms with Crippen molar-refractivity contribution in [3.8, 4) is 5.75 Å². The molecule has 2 N–H and O–H groups in total. The van der Waals surface area contributed by atoms with Gasteiger partial charge in [0.2, 0.25) is 0 Å². The average Bonchev–Trinajstić information content (AvgIpc) is 3.24. The molecule has 102 valence electrons. The molecular formula is C15H19NO3. The monoisotopic (exact) mass is 261 g/mol. The van der Waals surface area contributed by atoms with Crippen molar-refractivity contribution in [1.29, 1.82) is 0 Å². The number of carbonyl (C=O) groups excluding carboxylic acids is 1. The van der Waals surface area contributed by atoms with Crippen LogP contribution in [0, 0.1) is 5.41 Å². The number of amides is 1. The van der Waals surface area contributed by atoms with Gasteiger partial charge < -0.3 is 15.2 Å². The van der Waals surface area contributed by atoms with Gasteiger partial charge in [0.1, 0.15) is 12.4 Å². The second-order valence-electron chi connectivity index (χ2n) is 4.96. The Balaban J connectivity index is 1.86. The van der Waals surface area contributed by atoms with Gasteiger partial charge in [0.15, 0.2) is 0 Å². The molecule has 0 heterocycles. The summed E-state index contributed by atoms with van der Waals surface area (Å²) < 4.78 is 5.35. The van der Waals surface area contributed by atoms with Gasteiger partial charge in [-0.15, -0.1) is 0 Å². The largest absolute Gasteiger partial charge is 0.490 e. The smallest absolute Gasteiger partial charge is 0.251 e. The minimum Gasteiger partial charge on any atom is -0.490 e. The van der Waals surface area contributed by atoms with E-state index in [0.29, 0.717) is 24.5 Å². The van der Waals surface area contributed by atoms with Crippen LogP contribution in [0.15, 0.2) is 36.9 Å². The Labute approximate surface area is 113 Å². The Hall–Kier alpha value is -1.81. The zero-order chi connectivity index (χ0) is 13.7. The van der Waals surface area contributed by atoms with E-state index in [2.05, 4.69) is 11.9 Å². The van der Waals surface area contributed by atoms with Gasteiger partial charge in [-0.25, -0.2) is 0 Å². The molecule has 1 aromatic carbocycles. The Morgan fingerprint density at radius 3 is 2.63 bits per heavy atom. The van der Waals surface area contributed by atoms with E-state index in [1.165, 1.54) is 0 Å². The van der Waals surface area contributed by atoms with E-state index in [0.717, 1.165) is 12.8 Å². The standard InChI is InChI=1S/C15H19NO3/c1-2-9-19-13-5-3-12(4-6-13)14(18)16-10-15(11-17)7-8-15/h2-6,17H,1,7-11H2,(H,16,18). The molecule has 0 saturated heterocycles. The van der Waals surface area contributed by atoms with Gasteiger partial charge in [0.25, 0.3) is 5.91 Å². The molecule has 1 aromatic rings. The molecule has 1 fully saturated rings. The summed E-state index contributed by atoms with van der Waals surface area (Å²) in [6, 6.07) is 6.98. The number of rotatable bonds is 7. The molecule has 1 aliphatic rings. The van der Waals surface area contributed by atoms with Crippen LogP contribution in [0.5, 0.6) is 5.75 Å². The third kappa shape index (κ3) is 3.58. The van der Waals surface area contributed by atoms with Gasteiger partial charge in [0, 0.05) is 17.5 Å². The quantitative estimate of drug-likeness (QED) is 0.735. The number of aliphatic hydroxyl groups excluding tert-OH is 1. The fourth-order valence-electron chi connectivity index (χ4n) is 1.80. The highest BCUT2D eigenvalue weighted by Gasteiger charge is 2.42. The van der Waals surface area contributed by atoms with Crippen LogP contribution in [0.3, 0.4) is 0 Å². The predicted molar refractivity (Wildman–Crippen MR) is 73.2 cm³/mol. The lowest BCUT2D eigenvalue weighted by Crippen LogP contribution is -2.31. The van der Waals surface area contributed by atoms with Gasteiger partial charge in [-0.2, -0.15) is 0 Å². The van der Waals surface area contributed by atoms with Crippen molar-refractivity contribution in [3.05, 3.63) is 42.5 Å². The Morgan fingerprint density at radius 2 is 2.11 bits per heavy atom. The van der Waals surface area contributed by atoms with E-state index in [9.17, 15) is 9.90 Å². The van der Waals surface area contributed by atoms with Gasteiger partial charge >= 0.3 is 0 Å². The van der Waals surface area contributed by atoms with E-state index >= 15 is 0 Å². The predicted octanol–water partition coefficient (Wildman–Crippen LogP) is 1.75. The second kappa shape index (κ2) is 5.89. The van der Waals surface area contributed by atoms with Crippen molar-refractivity contribution in [3.63, 3.8) is 0 Å². The highest BCUT2D eigenvalue weighted by molar-refractivity contribution is 5.94. The van der Waals surface area contributed by atoms with Crippen LogP contribution in [0.25, 0.3) is 0 Å². The summed E-state index contributed by atoms with van der Waals surface area (Å²) >= 11 is 0. The lowest BCUT2D eigenvalue weighted by Gasteiger charge is -2.12. The van der Waals surface area contributed by atoms with E-state index in [4.69, 9.17) is 4.74 Å². The van der Waals surface area contributed by atoms with Crippen LogP contribution in [0.1, 0.15) is 23.2 Å². The second-order valence-corrected chi connectivity index (χ2v) is 4.96. The first-order valence-corrected chi connectivity index (χ1v) is 6.42. The lowest BCUT2D eigenvalue weighted by atomic mass is 10.1. The van der Waals surface area contributed by atoms with Crippen LogP contribution in [-0.2, 0) is 0 Å². The van der Waals surface area contributed by atoms with Gasteiger partial charge in [0.05, 0.1) is 6.61 Å². The molecule has 1 aliphatic carbocycles. The van der Waals surface area contributed by atoms with Gasteiger partial charge in [-0.1, -0.05) is 12.7 Å². The van der Waals surface area contributed by atoms with Crippen LogP contribution >= 0.6 is 0 Å². The molecule has 0 aromatic heterocycles. The lowest BCUT2D eigenvalue weighted by molar-refractivity contribution is 0.0935. The molecule has 0 bridgehead atoms. The molecule has 1 saturated carbocycles. The minimum atomic E-state index is -0.116. The van der Waals surface area contributed by atoms with E-state index in [-0.39, 0.29) is 17.9 Å². The molecule has 0 unspecified atom stereocenters. The summed E-state index contributed by atoms with van der Waals surface area (Å²) in [6.45, 7) is 4.70. The summed E-state index contributed by atoms with van der Waals surface area (Å²) in [5, 5.41) is 12.0.